The molecule has 1 aliphatic heterocycles. The average Bonchev–Trinajstić information content (AvgIpc) is 2.71. The second kappa shape index (κ2) is 5.37. The van der Waals surface area contributed by atoms with Crippen molar-refractivity contribution in [3.63, 3.8) is 0 Å². The Morgan fingerprint density at radius 3 is 2.43 bits per heavy atom. The van der Waals surface area contributed by atoms with Gasteiger partial charge in [0.05, 0.1) is 15.7 Å². The molecule has 3 rings (SSSR count). The van der Waals surface area contributed by atoms with E-state index in [2.05, 4.69) is 0 Å². The van der Waals surface area contributed by atoms with E-state index in [1.807, 2.05) is 11.8 Å². The van der Waals surface area contributed by atoms with E-state index in [9.17, 15) is 9.59 Å². The van der Waals surface area contributed by atoms with Gasteiger partial charge >= 0.3 is 5.97 Å². The summed E-state index contributed by atoms with van der Waals surface area (Å²) in [6.07, 6.45) is 5.58. The Labute approximate surface area is 128 Å². The van der Waals surface area contributed by atoms with E-state index in [0.29, 0.717) is 0 Å². The first-order chi connectivity index (χ1) is 10.0. The van der Waals surface area contributed by atoms with Gasteiger partial charge in [0.15, 0.2) is 0 Å². The van der Waals surface area contributed by atoms with Gasteiger partial charge in [0.1, 0.15) is 0 Å². The van der Waals surface area contributed by atoms with Gasteiger partial charge in [-0.05, 0) is 44.0 Å². The molecule has 0 unspecified atom stereocenters. The third-order valence-corrected chi connectivity index (χ3v) is 5.96. The van der Waals surface area contributed by atoms with Crippen LogP contribution in [0.1, 0.15) is 49.4 Å². The number of carboxylic acids is 1. The standard InChI is InChI=1S/C16H19NO3S/c1-11-14(18)17(16(21-11)9-3-2-4-10-16)13-7-5-12(6-8-13)15(19)20/h5-8,11H,2-4,9-10H2,1H3,(H,19,20)/t11-/m1/s1. The molecule has 1 aromatic rings. The van der Waals surface area contributed by atoms with Crippen LogP contribution < -0.4 is 4.90 Å². The molecule has 1 saturated carbocycles. The summed E-state index contributed by atoms with van der Waals surface area (Å²) in [6, 6.07) is 6.68. The summed E-state index contributed by atoms with van der Waals surface area (Å²) in [6.45, 7) is 1.97. The normalized spacial score (nSPS) is 24.5. The van der Waals surface area contributed by atoms with E-state index < -0.39 is 5.97 Å². The Hall–Kier alpha value is -1.49. The number of carbonyl (C=O) groups is 2. The molecule has 1 N–H and O–H groups in total. The van der Waals surface area contributed by atoms with Crippen LogP contribution in [0.15, 0.2) is 24.3 Å². The van der Waals surface area contributed by atoms with Crippen LogP contribution >= 0.6 is 11.8 Å². The van der Waals surface area contributed by atoms with E-state index >= 15 is 0 Å². The van der Waals surface area contributed by atoms with Gasteiger partial charge in [0.2, 0.25) is 5.91 Å². The van der Waals surface area contributed by atoms with Crippen LogP contribution in [0.2, 0.25) is 0 Å². The molecule has 112 valence electrons. The quantitative estimate of drug-likeness (QED) is 0.908. The summed E-state index contributed by atoms with van der Waals surface area (Å²) in [7, 11) is 0. The monoisotopic (exact) mass is 305 g/mol. The molecule has 5 heteroatoms. The molecule has 1 heterocycles. The van der Waals surface area contributed by atoms with E-state index in [-0.39, 0.29) is 21.6 Å². The topological polar surface area (TPSA) is 57.6 Å². The molecule has 0 bridgehead atoms. The maximum Gasteiger partial charge on any atom is 0.335 e. The van der Waals surface area contributed by atoms with E-state index in [1.54, 1.807) is 36.0 Å². The zero-order chi connectivity index (χ0) is 15.0. The molecule has 1 spiro atoms. The van der Waals surface area contributed by atoms with Crippen molar-refractivity contribution in [2.75, 3.05) is 4.90 Å². The minimum atomic E-state index is -0.940. The molecule has 1 atom stereocenters. The number of hydrogen-bond donors (Lipinski definition) is 1. The number of anilines is 1. The van der Waals surface area contributed by atoms with Crippen molar-refractivity contribution >= 4 is 29.3 Å². The lowest BCUT2D eigenvalue weighted by Crippen LogP contribution is -2.46. The predicted molar refractivity (Wildman–Crippen MR) is 83.8 cm³/mol. The summed E-state index contributed by atoms with van der Waals surface area (Å²) in [5, 5.41) is 8.97. The summed E-state index contributed by atoms with van der Waals surface area (Å²) in [5.41, 5.74) is 1.08. The van der Waals surface area contributed by atoms with Gasteiger partial charge in [-0.2, -0.15) is 0 Å². The van der Waals surface area contributed by atoms with Crippen molar-refractivity contribution in [2.45, 2.75) is 49.1 Å². The molecule has 0 aromatic heterocycles. The lowest BCUT2D eigenvalue weighted by Gasteiger charge is -2.40. The number of thioether (sulfide) groups is 1. The summed E-state index contributed by atoms with van der Waals surface area (Å²) >= 11 is 1.77. The zero-order valence-electron chi connectivity index (χ0n) is 12.0. The molecular formula is C16H19NO3S. The maximum atomic E-state index is 12.6. The van der Waals surface area contributed by atoms with Crippen LogP contribution in [0.4, 0.5) is 5.69 Å². The van der Waals surface area contributed by atoms with Crippen LogP contribution in [-0.2, 0) is 4.79 Å². The van der Waals surface area contributed by atoms with Crippen molar-refractivity contribution < 1.29 is 14.7 Å². The van der Waals surface area contributed by atoms with Crippen molar-refractivity contribution in [1.29, 1.82) is 0 Å². The molecule has 0 radical (unpaired) electrons. The maximum absolute atomic E-state index is 12.6. The van der Waals surface area contributed by atoms with Crippen LogP contribution in [0.25, 0.3) is 0 Å². The molecule has 2 fully saturated rings. The van der Waals surface area contributed by atoms with Gasteiger partial charge in [-0.3, -0.25) is 9.69 Å². The van der Waals surface area contributed by atoms with Crippen LogP contribution in [0, 0.1) is 0 Å². The highest BCUT2D eigenvalue weighted by molar-refractivity contribution is 8.02. The average molecular weight is 305 g/mol. The van der Waals surface area contributed by atoms with Crippen molar-refractivity contribution in [3.05, 3.63) is 29.8 Å². The fourth-order valence-corrected chi connectivity index (χ4v) is 5.07. The van der Waals surface area contributed by atoms with Gasteiger partial charge < -0.3 is 5.11 Å². The number of hydrogen-bond acceptors (Lipinski definition) is 3. The van der Waals surface area contributed by atoms with Crippen LogP contribution in [0.3, 0.4) is 0 Å². The highest BCUT2D eigenvalue weighted by Gasteiger charge is 2.50. The highest BCUT2D eigenvalue weighted by atomic mass is 32.2. The van der Waals surface area contributed by atoms with Crippen LogP contribution in [-0.4, -0.2) is 27.1 Å². The van der Waals surface area contributed by atoms with Crippen molar-refractivity contribution in [1.82, 2.24) is 0 Å². The fourth-order valence-electron chi connectivity index (χ4n) is 3.38. The molecule has 1 aliphatic carbocycles. The molecule has 21 heavy (non-hydrogen) atoms. The largest absolute Gasteiger partial charge is 0.478 e. The lowest BCUT2D eigenvalue weighted by molar-refractivity contribution is -0.117. The van der Waals surface area contributed by atoms with E-state index in [4.69, 9.17) is 5.11 Å². The Balaban J connectivity index is 1.96. The first-order valence-corrected chi connectivity index (χ1v) is 8.27. The van der Waals surface area contributed by atoms with E-state index in [0.717, 1.165) is 31.4 Å². The summed E-state index contributed by atoms with van der Waals surface area (Å²) in [4.78, 5) is 25.3. The third kappa shape index (κ3) is 2.44. The van der Waals surface area contributed by atoms with Gasteiger partial charge in [-0.1, -0.05) is 19.3 Å². The number of benzene rings is 1. The summed E-state index contributed by atoms with van der Waals surface area (Å²) in [5.74, 6) is -0.797. The van der Waals surface area contributed by atoms with Gasteiger partial charge in [-0.15, -0.1) is 11.8 Å². The predicted octanol–water partition coefficient (Wildman–Crippen LogP) is 3.51. The lowest BCUT2D eigenvalue weighted by atomic mass is 9.92. The molecular weight excluding hydrogens is 286 g/mol. The SMILES string of the molecule is C[C@H]1SC2(CCCCC2)N(c2ccc(C(=O)O)cc2)C1=O. The Kier molecular flexibility index (Phi) is 3.69. The fraction of sp³-hybridized carbons (Fsp3) is 0.500. The number of carboxylic acid groups (broad SMARTS) is 1. The second-order valence-electron chi connectivity index (χ2n) is 5.79. The Bertz CT molecular complexity index is 563. The summed E-state index contributed by atoms with van der Waals surface area (Å²) < 4.78 is 0. The number of amides is 1. The molecule has 1 aromatic carbocycles. The number of aromatic carboxylic acids is 1. The second-order valence-corrected chi connectivity index (χ2v) is 7.50. The Morgan fingerprint density at radius 1 is 1.24 bits per heavy atom. The van der Waals surface area contributed by atoms with Crippen molar-refractivity contribution in [2.24, 2.45) is 0 Å². The first-order valence-electron chi connectivity index (χ1n) is 7.39. The van der Waals surface area contributed by atoms with Crippen molar-refractivity contribution in [3.8, 4) is 0 Å². The minimum Gasteiger partial charge on any atom is -0.478 e. The molecule has 1 saturated heterocycles. The third-order valence-electron chi connectivity index (χ3n) is 4.38. The zero-order valence-corrected chi connectivity index (χ0v) is 12.9. The van der Waals surface area contributed by atoms with Gasteiger partial charge in [0, 0.05) is 5.69 Å². The van der Waals surface area contributed by atoms with Crippen LogP contribution in [0.5, 0.6) is 0 Å². The Morgan fingerprint density at radius 2 is 1.86 bits per heavy atom. The smallest absolute Gasteiger partial charge is 0.335 e. The van der Waals surface area contributed by atoms with Gasteiger partial charge in [-0.25, -0.2) is 4.79 Å². The number of carbonyl (C=O) groups excluding carboxylic acids is 1. The highest BCUT2D eigenvalue weighted by Crippen LogP contribution is 2.51. The molecule has 4 nitrogen and oxygen atoms in total. The first kappa shape index (κ1) is 14.4. The molecule has 2 aliphatic rings. The van der Waals surface area contributed by atoms with E-state index in [1.165, 1.54) is 6.42 Å². The van der Waals surface area contributed by atoms with Gasteiger partial charge in [0.25, 0.3) is 0 Å². The number of nitrogens with zero attached hydrogens (tertiary/aromatic N) is 1. The minimum absolute atomic E-state index is 0.0257. The number of rotatable bonds is 2. The molecule has 1 amide bonds.